The number of nitrogens with one attached hydrogen (secondary N) is 1. The molecule has 0 aliphatic rings. The Balaban J connectivity index is 4.00. The molecule has 0 rings (SSSR count). The van der Waals surface area contributed by atoms with Gasteiger partial charge in [-0.2, -0.15) is 0 Å². The maximum atomic E-state index is 10.8. The van der Waals surface area contributed by atoms with Gasteiger partial charge in [0.2, 0.25) is 0 Å². The molecule has 3 N–H and O–H groups in total. The summed E-state index contributed by atoms with van der Waals surface area (Å²) in [6, 6.07) is -1.01. The van der Waals surface area contributed by atoms with Crippen molar-refractivity contribution in [3.63, 3.8) is 0 Å². The van der Waals surface area contributed by atoms with Crippen molar-refractivity contribution in [2.75, 3.05) is 0 Å². The van der Waals surface area contributed by atoms with Crippen molar-refractivity contribution < 1.29 is 19.8 Å². The van der Waals surface area contributed by atoms with Gasteiger partial charge in [0, 0.05) is 0 Å². The van der Waals surface area contributed by atoms with E-state index in [1.807, 2.05) is 0 Å². The van der Waals surface area contributed by atoms with Crippen LogP contribution < -0.4 is 5.32 Å². The fourth-order valence-corrected chi connectivity index (χ4v) is 0.468. The summed E-state index contributed by atoms with van der Waals surface area (Å²) in [5, 5.41) is 19.3. The smallest absolute Gasteiger partial charge is 0.325 e. The minimum atomic E-state index is -1.35. The van der Waals surface area contributed by atoms with E-state index in [9.17, 15) is 9.59 Å². The van der Waals surface area contributed by atoms with Crippen LogP contribution in [0.5, 0.6) is 0 Å². The number of carboxylic acids is 1. The van der Waals surface area contributed by atoms with Gasteiger partial charge < -0.3 is 15.5 Å². The van der Waals surface area contributed by atoms with E-state index in [0.29, 0.717) is 0 Å². The highest BCUT2D eigenvalue weighted by molar-refractivity contribution is 5.86. The Morgan fingerprint density at radius 3 is 2.42 bits per heavy atom. The first-order valence-corrected chi connectivity index (χ1v) is 3.33. The van der Waals surface area contributed by atoms with Gasteiger partial charge in [-0.15, -0.1) is 0 Å². The van der Waals surface area contributed by atoms with Crippen LogP contribution in [-0.2, 0) is 9.59 Å². The van der Waals surface area contributed by atoms with E-state index in [1.54, 1.807) is 0 Å². The van der Waals surface area contributed by atoms with Crippen LogP contribution in [0.15, 0.2) is 12.7 Å². The Labute approximate surface area is 69.7 Å². The lowest BCUT2D eigenvalue weighted by atomic mass is 10.3. The van der Waals surface area contributed by atoms with Crippen LogP contribution in [0.2, 0.25) is 0 Å². The van der Waals surface area contributed by atoms with Crippen molar-refractivity contribution in [3.05, 3.63) is 12.7 Å². The summed E-state index contributed by atoms with van der Waals surface area (Å²) in [5.74, 6) is -1.92. The predicted octanol–water partition coefficient (Wildman–Crippen LogP) is -0.877. The number of aliphatic carboxylic acids is 1. The molecule has 0 aliphatic carbocycles. The third-order valence-electron chi connectivity index (χ3n) is 1.22. The summed E-state index contributed by atoms with van der Waals surface area (Å²) < 4.78 is 0. The molecule has 0 bridgehead atoms. The number of amides is 1. The van der Waals surface area contributed by atoms with Crippen LogP contribution in [0.3, 0.4) is 0 Å². The first-order valence-electron chi connectivity index (χ1n) is 3.33. The molecule has 0 aromatic heterocycles. The molecule has 2 atom stereocenters. The molecule has 12 heavy (non-hydrogen) atoms. The highest BCUT2D eigenvalue weighted by Gasteiger charge is 2.17. The van der Waals surface area contributed by atoms with E-state index in [4.69, 9.17) is 10.2 Å². The topological polar surface area (TPSA) is 86.6 Å². The quantitative estimate of drug-likeness (QED) is 0.482. The number of carbonyl (C=O) groups excluding carboxylic acids is 1. The molecular formula is C7H11NO4. The molecule has 1 unspecified atom stereocenters. The first-order chi connectivity index (χ1) is 5.49. The van der Waals surface area contributed by atoms with Crippen molar-refractivity contribution in [2.24, 2.45) is 0 Å². The molecule has 5 nitrogen and oxygen atoms in total. The standard InChI is InChI=1S/C7H11NO4/c1-3-5(9)6(10)8-4(2)7(11)12/h3-5,9H,1H2,2H3,(H,8,10)(H,11,12)/t4-,5?/m0/s1. The van der Waals surface area contributed by atoms with Crippen molar-refractivity contribution in [2.45, 2.75) is 19.1 Å². The third kappa shape index (κ3) is 3.16. The van der Waals surface area contributed by atoms with E-state index in [2.05, 4.69) is 11.9 Å². The summed E-state index contributed by atoms with van der Waals surface area (Å²) >= 11 is 0. The Hall–Kier alpha value is -1.36. The number of rotatable bonds is 4. The van der Waals surface area contributed by atoms with Gasteiger partial charge in [-0.25, -0.2) is 0 Å². The Morgan fingerprint density at radius 2 is 2.08 bits per heavy atom. The second-order valence-electron chi connectivity index (χ2n) is 2.25. The van der Waals surface area contributed by atoms with Gasteiger partial charge in [-0.05, 0) is 6.92 Å². The van der Waals surface area contributed by atoms with Gasteiger partial charge in [-0.1, -0.05) is 12.7 Å². The molecule has 0 aliphatic heterocycles. The summed E-state index contributed by atoms with van der Waals surface area (Å²) in [6.07, 6.45) is -0.337. The van der Waals surface area contributed by atoms with Gasteiger partial charge >= 0.3 is 5.97 Å². The Kier molecular flexibility index (Phi) is 3.99. The van der Waals surface area contributed by atoms with Gasteiger partial charge in [0.15, 0.2) is 6.10 Å². The number of hydrogen-bond donors (Lipinski definition) is 3. The number of carboxylic acid groups (broad SMARTS) is 1. The Morgan fingerprint density at radius 1 is 1.58 bits per heavy atom. The number of hydrogen-bond acceptors (Lipinski definition) is 3. The maximum Gasteiger partial charge on any atom is 0.325 e. The predicted molar refractivity (Wildman–Crippen MR) is 41.4 cm³/mol. The molecule has 0 spiro atoms. The molecule has 0 radical (unpaired) electrons. The van der Waals surface area contributed by atoms with Gasteiger partial charge in [0.05, 0.1) is 0 Å². The molecular weight excluding hydrogens is 162 g/mol. The van der Waals surface area contributed by atoms with E-state index in [0.717, 1.165) is 6.08 Å². The van der Waals surface area contributed by atoms with Crippen molar-refractivity contribution >= 4 is 11.9 Å². The summed E-state index contributed by atoms with van der Waals surface area (Å²) in [6.45, 7) is 4.48. The number of aliphatic hydroxyl groups excluding tert-OH is 1. The second kappa shape index (κ2) is 4.50. The average Bonchev–Trinajstić information content (AvgIpc) is 2.02. The number of aliphatic hydroxyl groups is 1. The van der Waals surface area contributed by atoms with Crippen LogP contribution in [0, 0.1) is 0 Å². The molecule has 0 aromatic rings. The third-order valence-corrected chi connectivity index (χ3v) is 1.22. The molecule has 1 amide bonds. The average molecular weight is 173 g/mol. The maximum absolute atomic E-state index is 10.8. The van der Waals surface area contributed by atoms with Gasteiger partial charge in [0.1, 0.15) is 6.04 Å². The van der Waals surface area contributed by atoms with Gasteiger partial charge in [-0.3, -0.25) is 9.59 Å². The molecule has 0 saturated heterocycles. The zero-order valence-electron chi connectivity index (χ0n) is 6.65. The zero-order valence-corrected chi connectivity index (χ0v) is 6.65. The molecule has 5 heteroatoms. The normalized spacial score (nSPS) is 14.5. The molecule has 68 valence electrons. The van der Waals surface area contributed by atoms with Crippen molar-refractivity contribution in [1.82, 2.24) is 5.32 Å². The molecule has 0 fully saturated rings. The monoisotopic (exact) mass is 173 g/mol. The second-order valence-corrected chi connectivity index (χ2v) is 2.25. The van der Waals surface area contributed by atoms with Crippen molar-refractivity contribution in [3.8, 4) is 0 Å². The molecule has 0 heterocycles. The fourth-order valence-electron chi connectivity index (χ4n) is 0.468. The van der Waals surface area contributed by atoms with Gasteiger partial charge in [0.25, 0.3) is 5.91 Å². The summed E-state index contributed by atoms with van der Waals surface area (Å²) in [5.41, 5.74) is 0. The largest absolute Gasteiger partial charge is 0.480 e. The lowest BCUT2D eigenvalue weighted by Gasteiger charge is -2.10. The summed E-state index contributed by atoms with van der Waals surface area (Å²) in [4.78, 5) is 21.0. The molecule has 0 saturated carbocycles. The van der Waals surface area contributed by atoms with Crippen LogP contribution in [0.25, 0.3) is 0 Å². The minimum Gasteiger partial charge on any atom is -0.480 e. The highest BCUT2D eigenvalue weighted by Crippen LogP contribution is 1.87. The SMILES string of the molecule is C=CC(O)C(=O)N[C@@H](C)C(=O)O. The zero-order chi connectivity index (χ0) is 9.72. The molecule has 0 aromatic carbocycles. The van der Waals surface area contributed by atoms with E-state index in [-0.39, 0.29) is 0 Å². The van der Waals surface area contributed by atoms with E-state index >= 15 is 0 Å². The summed E-state index contributed by atoms with van der Waals surface area (Å²) in [7, 11) is 0. The van der Waals surface area contributed by atoms with Crippen molar-refractivity contribution in [1.29, 1.82) is 0 Å². The lowest BCUT2D eigenvalue weighted by molar-refractivity contribution is -0.142. The van der Waals surface area contributed by atoms with Crippen LogP contribution in [-0.4, -0.2) is 34.2 Å². The lowest BCUT2D eigenvalue weighted by Crippen LogP contribution is -2.43. The first kappa shape index (κ1) is 10.6. The van der Waals surface area contributed by atoms with E-state index in [1.165, 1.54) is 6.92 Å². The fraction of sp³-hybridized carbons (Fsp3) is 0.429. The van der Waals surface area contributed by atoms with Crippen LogP contribution in [0.4, 0.5) is 0 Å². The van der Waals surface area contributed by atoms with Crippen LogP contribution in [0.1, 0.15) is 6.92 Å². The number of carbonyl (C=O) groups is 2. The van der Waals surface area contributed by atoms with Crippen LogP contribution >= 0.6 is 0 Å². The van der Waals surface area contributed by atoms with E-state index < -0.39 is 24.0 Å². The minimum absolute atomic E-state index is 0.764. The Bertz CT molecular complexity index is 202. The highest BCUT2D eigenvalue weighted by atomic mass is 16.4.